The molecule has 1 aliphatic heterocycles. The zero-order valence-electron chi connectivity index (χ0n) is 16.2. The van der Waals surface area contributed by atoms with E-state index in [0.717, 1.165) is 5.56 Å². The Balaban J connectivity index is 1.69. The Hall–Kier alpha value is -3.35. The molecule has 2 amide bonds. The highest BCUT2D eigenvalue weighted by Gasteiger charge is 2.52. The Bertz CT molecular complexity index is 871. The van der Waals surface area contributed by atoms with Crippen LogP contribution in [0.1, 0.15) is 30.9 Å². The van der Waals surface area contributed by atoms with E-state index in [1.165, 1.54) is 11.8 Å². The molecular formula is C22H24N2O5. The SMILES string of the molecule is C[C@H](NC(=O)OCc1ccccc1)C(=O)N1CCC[C@]1(C(=O)O)c1ccccc1. The molecule has 7 nitrogen and oxygen atoms in total. The van der Waals surface area contributed by atoms with E-state index < -0.39 is 29.6 Å². The summed E-state index contributed by atoms with van der Waals surface area (Å²) >= 11 is 0. The van der Waals surface area contributed by atoms with E-state index in [0.29, 0.717) is 24.9 Å². The second-order valence-corrected chi connectivity index (χ2v) is 7.05. The Labute approximate surface area is 169 Å². The zero-order chi connectivity index (χ0) is 20.9. The minimum Gasteiger partial charge on any atom is -0.479 e. The van der Waals surface area contributed by atoms with Crippen molar-refractivity contribution in [2.75, 3.05) is 6.54 Å². The van der Waals surface area contributed by atoms with Gasteiger partial charge in [-0.05, 0) is 30.9 Å². The number of aliphatic carboxylic acids is 1. The van der Waals surface area contributed by atoms with Gasteiger partial charge in [-0.15, -0.1) is 0 Å². The van der Waals surface area contributed by atoms with Gasteiger partial charge in [0.1, 0.15) is 12.6 Å². The molecule has 2 atom stereocenters. The zero-order valence-corrected chi connectivity index (χ0v) is 16.2. The number of ether oxygens (including phenoxy) is 1. The number of carbonyl (C=O) groups excluding carboxylic acids is 2. The molecule has 0 bridgehead atoms. The second kappa shape index (κ2) is 8.77. The van der Waals surface area contributed by atoms with Crippen molar-refractivity contribution in [3.05, 3.63) is 71.8 Å². The smallest absolute Gasteiger partial charge is 0.408 e. The molecule has 2 N–H and O–H groups in total. The van der Waals surface area contributed by atoms with E-state index in [9.17, 15) is 19.5 Å². The van der Waals surface area contributed by atoms with Crippen LogP contribution < -0.4 is 5.32 Å². The maximum Gasteiger partial charge on any atom is 0.408 e. The summed E-state index contributed by atoms with van der Waals surface area (Å²) in [5.74, 6) is -1.53. The van der Waals surface area contributed by atoms with Gasteiger partial charge in [-0.25, -0.2) is 9.59 Å². The van der Waals surface area contributed by atoms with Crippen molar-refractivity contribution in [2.24, 2.45) is 0 Å². The van der Waals surface area contributed by atoms with Gasteiger partial charge in [0, 0.05) is 6.54 Å². The molecule has 7 heteroatoms. The van der Waals surface area contributed by atoms with Crippen LogP contribution in [-0.4, -0.2) is 40.6 Å². The molecule has 1 heterocycles. The largest absolute Gasteiger partial charge is 0.479 e. The number of hydrogen-bond acceptors (Lipinski definition) is 4. The van der Waals surface area contributed by atoms with Crippen molar-refractivity contribution in [2.45, 2.75) is 38.0 Å². The molecule has 0 unspecified atom stereocenters. The van der Waals surface area contributed by atoms with Crippen LogP contribution in [0.15, 0.2) is 60.7 Å². The lowest BCUT2D eigenvalue weighted by atomic mass is 9.87. The third kappa shape index (κ3) is 4.23. The molecule has 29 heavy (non-hydrogen) atoms. The molecule has 2 aromatic rings. The highest BCUT2D eigenvalue weighted by atomic mass is 16.5. The van der Waals surface area contributed by atoms with Gasteiger partial charge >= 0.3 is 12.1 Å². The van der Waals surface area contributed by atoms with Crippen molar-refractivity contribution in [3.63, 3.8) is 0 Å². The third-order valence-electron chi connectivity index (χ3n) is 5.17. The predicted molar refractivity (Wildman–Crippen MR) is 106 cm³/mol. The molecule has 1 saturated heterocycles. The molecule has 2 aromatic carbocycles. The van der Waals surface area contributed by atoms with Crippen LogP contribution in [-0.2, 0) is 26.5 Å². The number of rotatable bonds is 6. The summed E-state index contributed by atoms with van der Waals surface area (Å²) in [6.45, 7) is 1.92. The fourth-order valence-electron chi connectivity index (χ4n) is 3.71. The summed E-state index contributed by atoms with van der Waals surface area (Å²) in [5.41, 5.74) is -0.0465. The van der Waals surface area contributed by atoms with Gasteiger partial charge in [-0.3, -0.25) is 4.79 Å². The fraction of sp³-hybridized carbons (Fsp3) is 0.318. The van der Waals surface area contributed by atoms with Crippen LogP contribution in [0, 0.1) is 0 Å². The van der Waals surface area contributed by atoms with Crippen molar-refractivity contribution in [1.29, 1.82) is 0 Å². The van der Waals surface area contributed by atoms with Gasteiger partial charge in [0.15, 0.2) is 5.54 Å². The van der Waals surface area contributed by atoms with Gasteiger partial charge in [-0.2, -0.15) is 0 Å². The molecule has 0 spiro atoms. The van der Waals surface area contributed by atoms with Crippen LogP contribution in [0.25, 0.3) is 0 Å². The van der Waals surface area contributed by atoms with Gasteiger partial charge in [0.25, 0.3) is 0 Å². The minimum absolute atomic E-state index is 0.0837. The Morgan fingerprint density at radius 3 is 2.34 bits per heavy atom. The van der Waals surface area contributed by atoms with Gasteiger partial charge in [-0.1, -0.05) is 60.7 Å². The van der Waals surface area contributed by atoms with Crippen molar-refractivity contribution in [1.82, 2.24) is 10.2 Å². The summed E-state index contributed by atoms with van der Waals surface area (Å²) in [7, 11) is 0. The van der Waals surface area contributed by atoms with E-state index in [2.05, 4.69) is 5.32 Å². The Kier molecular flexibility index (Phi) is 6.16. The summed E-state index contributed by atoms with van der Waals surface area (Å²) in [6, 6.07) is 17.0. The van der Waals surface area contributed by atoms with E-state index in [-0.39, 0.29) is 6.61 Å². The molecule has 3 rings (SSSR count). The van der Waals surface area contributed by atoms with Crippen molar-refractivity contribution >= 4 is 18.0 Å². The Morgan fingerprint density at radius 2 is 1.72 bits per heavy atom. The molecule has 0 aromatic heterocycles. The Morgan fingerprint density at radius 1 is 1.10 bits per heavy atom. The van der Waals surface area contributed by atoms with Gasteiger partial charge in [0.05, 0.1) is 0 Å². The van der Waals surface area contributed by atoms with Crippen LogP contribution in [0.2, 0.25) is 0 Å². The lowest BCUT2D eigenvalue weighted by Gasteiger charge is -2.36. The number of amides is 2. The maximum absolute atomic E-state index is 13.0. The number of hydrogen-bond donors (Lipinski definition) is 2. The number of carbonyl (C=O) groups is 3. The average molecular weight is 396 g/mol. The topological polar surface area (TPSA) is 95.9 Å². The molecule has 0 radical (unpaired) electrons. The molecular weight excluding hydrogens is 372 g/mol. The number of carboxylic acid groups (broad SMARTS) is 1. The first-order valence-electron chi connectivity index (χ1n) is 9.53. The summed E-state index contributed by atoms with van der Waals surface area (Å²) in [6.07, 6.45) is 0.163. The van der Waals surface area contributed by atoms with E-state index in [4.69, 9.17) is 4.74 Å². The first-order valence-corrected chi connectivity index (χ1v) is 9.53. The first-order chi connectivity index (χ1) is 13.9. The van der Waals surface area contributed by atoms with E-state index >= 15 is 0 Å². The standard InChI is InChI=1S/C22H24N2O5/c1-16(23-21(28)29-15-17-9-4-2-5-10-17)19(25)24-14-8-13-22(24,20(26)27)18-11-6-3-7-12-18/h2-7,9-12,16H,8,13-15H2,1H3,(H,23,28)(H,26,27)/t16-,22+/m0/s1. The van der Waals surface area contributed by atoms with Gasteiger partial charge in [0.2, 0.25) is 5.91 Å². The van der Waals surface area contributed by atoms with Crippen LogP contribution >= 0.6 is 0 Å². The third-order valence-corrected chi connectivity index (χ3v) is 5.17. The molecule has 0 aliphatic carbocycles. The molecule has 0 saturated carbocycles. The first kappa shape index (κ1) is 20.4. The molecule has 1 aliphatic rings. The van der Waals surface area contributed by atoms with Crippen LogP contribution in [0.3, 0.4) is 0 Å². The number of alkyl carbamates (subject to hydrolysis) is 1. The van der Waals surface area contributed by atoms with E-state index in [1.54, 1.807) is 30.3 Å². The summed E-state index contributed by atoms with van der Waals surface area (Å²) in [5, 5.41) is 12.5. The van der Waals surface area contributed by atoms with Crippen molar-refractivity contribution in [3.8, 4) is 0 Å². The lowest BCUT2D eigenvalue weighted by Crippen LogP contribution is -2.56. The van der Waals surface area contributed by atoms with E-state index in [1.807, 2.05) is 30.3 Å². The summed E-state index contributed by atoms with van der Waals surface area (Å²) in [4.78, 5) is 38.7. The average Bonchev–Trinajstić information content (AvgIpc) is 3.19. The molecule has 152 valence electrons. The minimum atomic E-state index is -1.43. The number of nitrogens with zero attached hydrogens (tertiary/aromatic N) is 1. The second-order valence-electron chi connectivity index (χ2n) is 7.05. The number of likely N-dealkylation sites (tertiary alicyclic amines) is 1. The quantitative estimate of drug-likeness (QED) is 0.783. The monoisotopic (exact) mass is 396 g/mol. The predicted octanol–water partition coefficient (Wildman–Crippen LogP) is 2.90. The lowest BCUT2D eigenvalue weighted by molar-refractivity contribution is -0.158. The molecule has 1 fully saturated rings. The number of carboxylic acids is 1. The number of benzene rings is 2. The van der Waals surface area contributed by atoms with Crippen molar-refractivity contribution < 1.29 is 24.2 Å². The van der Waals surface area contributed by atoms with Crippen LogP contribution in [0.4, 0.5) is 4.79 Å². The normalized spacial score (nSPS) is 19.4. The summed E-state index contributed by atoms with van der Waals surface area (Å²) < 4.78 is 5.16. The maximum atomic E-state index is 13.0. The van der Waals surface area contributed by atoms with Gasteiger partial charge < -0.3 is 20.1 Å². The van der Waals surface area contributed by atoms with Crippen LogP contribution in [0.5, 0.6) is 0 Å². The highest BCUT2D eigenvalue weighted by Crippen LogP contribution is 2.39. The fourth-order valence-corrected chi connectivity index (χ4v) is 3.71. The highest BCUT2D eigenvalue weighted by molar-refractivity contribution is 5.92. The number of nitrogens with one attached hydrogen (secondary N) is 1.